The Morgan fingerprint density at radius 3 is 2.88 bits per heavy atom. The van der Waals surface area contributed by atoms with Gasteiger partial charge in [0.05, 0.1) is 37.2 Å². The smallest absolute Gasteiger partial charge is 0.191 e. The number of thiocarbonyl (C=S) groups is 1. The standard InChI is InChI=1S/C17H20N4O2S2/c1-22-15-5-3-2-4-14(15)19-17(24)20-18-12-13-6-7-16(25-13)21-8-10-23-11-9-21/h2-7,12H,8-11H2,1H3,(H2,19,20,24)/b18-12+. The SMILES string of the molecule is COc1ccccc1NC(=S)N/N=C/c1ccc(N2CCOCC2)s1. The number of benzene rings is 1. The molecule has 0 saturated carbocycles. The Bertz CT molecular complexity index is 742. The second-order valence-electron chi connectivity index (χ2n) is 5.30. The number of thiophene rings is 1. The molecule has 1 fully saturated rings. The molecule has 2 heterocycles. The van der Waals surface area contributed by atoms with Gasteiger partial charge in [-0.2, -0.15) is 5.10 Å². The fourth-order valence-corrected chi connectivity index (χ4v) is 3.51. The molecule has 1 saturated heterocycles. The van der Waals surface area contributed by atoms with Gasteiger partial charge in [-0.05, 0) is 36.5 Å². The first-order valence-corrected chi connectivity index (χ1v) is 9.14. The Morgan fingerprint density at radius 1 is 1.28 bits per heavy atom. The molecule has 25 heavy (non-hydrogen) atoms. The number of morpholine rings is 1. The summed E-state index contributed by atoms with van der Waals surface area (Å²) in [6.45, 7) is 3.43. The number of nitrogens with one attached hydrogen (secondary N) is 2. The lowest BCUT2D eigenvalue weighted by Gasteiger charge is -2.27. The molecule has 1 aliphatic heterocycles. The molecule has 1 aromatic carbocycles. The summed E-state index contributed by atoms with van der Waals surface area (Å²) < 4.78 is 10.7. The summed E-state index contributed by atoms with van der Waals surface area (Å²) in [5, 5.41) is 8.91. The lowest BCUT2D eigenvalue weighted by molar-refractivity contribution is 0.123. The molecule has 2 aromatic rings. The van der Waals surface area contributed by atoms with E-state index >= 15 is 0 Å². The van der Waals surface area contributed by atoms with Crippen molar-refractivity contribution >= 4 is 45.6 Å². The van der Waals surface area contributed by atoms with Crippen LogP contribution in [0.1, 0.15) is 4.88 Å². The number of anilines is 2. The zero-order valence-corrected chi connectivity index (χ0v) is 15.5. The molecule has 1 aliphatic rings. The molecule has 0 amide bonds. The maximum absolute atomic E-state index is 5.38. The van der Waals surface area contributed by atoms with Crippen LogP contribution in [0.25, 0.3) is 0 Å². The lowest BCUT2D eigenvalue weighted by Crippen LogP contribution is -2.35. The molecule has 2 N–H and O–H groups in total. The number of hydrogen-bond donors (Lipinski definition) is 2. The van der Waals surface area contributed by atoms with Crippen LogP contribution in [0.15, 0.2) is 41.5 Å². The Kier molecular flexibility index (Phi) is 6.21. The maximum Gasteiger partial charge on any atom is 0.191 e. The first-order chi connectivity index (χ1) is 12.3. The average molecular weight is 377 g/mol. The second-order valence-corrected chi connectivity index (χ2v) is 6.80. The topological polar surface area (TPSA) is 58.1 Å². The fourth-order valence-electron chi connectivity index (χ4n) is 2.42. The third-order valence-corrected chi connectivity index (χ3v) is 4.92. The highest BCUT2D eigenvalue weighted by atomic mass is 32.1. The summed E-state index contributed by atoms with van der Waals surface area (Å²) in [4.78, 5) is 3.39. The van der Waals surface area contributed by atoms with Crippen molar-refractivity contribution in [2.24, 2.45) is 5.10 Å². The summed E-state index contributed by atoms with van der Waals surface area (Å²) in [6.07, 6.45) is 1.77. The Morgan fingerprint density at radius 2 is 2.08 bits per heavy atom. The Labute approximate surface area is 156 Å². The minimum atomic E-state index is 0.408. The van der Waals surface area contributed by atoms with Crippen LogP contribution in [0.5, 0.6) is 5.75 Å². The van der Waals surface area contributed by atoms with Gasteiger partial charge in [0.25, 0.3) is 0 Å². The molecule has 0 unspecified atom stereocenters. The van der Waals surface area contributed by atoms with Crippen molar-refractivity contribution in [2.75, 3.05) is 43.6 Å². The normalized spacial score (nSPS) is 14.5. The molecule has 1 aromatic heterocycles. The summed E-state index contributed by atoms with van der Waals surface area (Å²) in [7, 11) is 1.62. The van der Waals surface area contributed by atoms with Gasteiger partial charge in [0.2, 0.25) is 0 Å². The molecule has 0 atom stereocenters. The van der Waals surface area contributed by atoms with Gasteiger partial charge >= 0.3 is 0 Å². The minimum Gasteiger partial charge on any atom is -0.495 e. The highest BCUT2D eigenvalue weighted by Gasteiger charge is 2.12. The largest absolute Gasteiger partial charge is 0.495 e. The summed E-state index contributed by atoms with van der Waals surface area (Å²) >= 11 is 6.95. The monoisotopic (exact) mass is 376 g/mol. The second kappa shape index (κ2) is 8.80. The van der Waals surface area contributed by atoms with Gasteiger partial charge in [-0.25, -0.2) is 0 Å². The highest BCUT2D eigenvalue weighted by molar-refractivity contribution is 7.80. The van der Waals surface area contributed by atoms with Crippen LogP contribution in [0.4, 0.5) is 10.7 Å². The van der Waals surface area contributed by atoms with E-state index in [0.29, 0.717) is 5.11 Å². The number of methoxy groups -OCH3 is 1. The lowest BCUT2D eigenvalue weighted by atomic mass is 10.3. The molecular formula is C17H20N4O2S2. The van der Waals surface area contributed by atoms with Crippen LogP contribution < -0.4 is 20.4 Å². The van der Waals surface area contributed by atoms with Crippen molar-refractivity contribution in [3.05, 3.63) is 41.3 Å². The molecule has 132 valence electrons. The molecule has 0 bridgehead atoms. The maximum atomic E-state index is 5.38. The first kappa shape index (κ1) is 17.7. The van der Waals surface area contributed by atoms with E-state index in [1.165, 1.54) is 5.00 Å². The van der Waals surface area contributed by atoms with Crippen LogP contribution in [0, 0.1) is 0 Å². The van der Waals surface area contributed by atoms with Gasteiger partial charge in [0.1, 0.15) is 5.75 Å². The van der Waals surface area contributed by atoms with Crippen molar-refractivity contribution in [3.8, 4) is 5.75 Å². The quantitative estimate of drug-likeness (QED) is 0.475. The average Bonchev–Trinajstić information content (AvgIpc) is 3.12. The Balaban J connectivity index is 1.52. The molecule has 8 heteroatoms. The van der Waals surface area contributed by atoms with Crippen molar-refractivity contribution in [2.45, 2.75) is 0 Å². The summed E-state index contributed by atoms with van der Waals surface area (Å²) in [6, 6.07) is 11.7. The number of ether oxygens (including phenoxy) is 2. The van der Waals surface area contributed by atoms with E-state index in [1.54, 1.807) is 24.7 Å². The van der Waals surface area contributed by atoms with Gasteiger partial charge < -0.3 is 19.7 Å². The van der Waals surface area contributed by atoms with E-state index < -0.39 is 0 Å². The van der Waals surface area contributed by atoms with E-state index in [0.717, 1.165) is 42.6 Å². The van der Waals surface area contributed by atoms with Crippen LogP contribution in [-0.4, -0.2) is 44.7 Å². The van der Waals surface area contributed by atoms with E-state index in [9.17, 15) is 0 Å². The first-order valence-electron chi connectivity index (χ1n) is 7.92. The van der Waals surface area contributed by atoms with E-state index in [1.807, 2.05) is 24.3 Å². The number of nitrogens with zero attached hydrogens (tertiary/aromatic N) is 2. The molecule has 0 radical (unpaired) electrons. The van der Waals surface area contributed by atoms with E-state index in [-0.39, 0.29) is 0 Å². The molecule has 0 spiro atoms. The van der Waals surface area contributed by atoms with E-state index in [4.69, 9.17) is 21.7 Å². The van der Waals surface area contributed by atoms with Gasteiger partial charge in [0.15, 0.2) is 5.11 Å². The van der Waals surface area contributed by atoms with Gasteiger partial charge in [-0.15, -0.1) is 11.3 Å². The van der Waals surface area contributed by atoms with Gasteiger partial charge in [-0.3, -0.25) is 5.43 Å². The predicted octanol–water partition coefficient (Wildman–Crippen LogP) is 2.91. The van der Waals surface area contributed by atoms with Crippen molar-refractivity contribution in [3.63, 3.8) is 0 Å². The number of para-hydroxylation sites is 2. The molecule has 3 rings (SSSR count). The van der Waals surface area contributed by atoms with Crippen LogP contribution in [-0.2, 0) is 4.74 Å². The molecule has 6 nitrogen and oxygen atoms in total. The zero-order chi connectivity index (χ0) is 17.5. The van der Waals surface area contributed by atoms with Crippen molar-refractivity contribution in [1.82, 2.24) is 5.43 Å². The minimum absolute atomic E-state index is 0.408. The van der Waals surface area contributed by atoms with Crippen molar-refractivity contribution < 1.29 is 9.47 Å². The predicted molar refractivity (Wildman–Crippen MR) is 107 cm³/mol. The van der Waals surface area contributed by atoms with Gasteiger partial charge in [-0.1, -0.05) is 12.1 Å². The van der Waals surface area contributed by atoms with Gasteiger partial charge in [0, 0.05) is 18.0 Å². The third kappa shape index (κ3) is 4.91. The molecule has 0 aliphatic carbocycles. The summed E-state index contributed by atoms with van der Waals surface area (Å²) in [5.74, 6) is 0.726. The zero-order valence-electron chi connectivity index (χ0n) is 13.9. The number of hydrazone groups is 1. The van der Waals surface area contributed by atoms with Crippen LogP contribution >= 0.6 is 23.6 Å². The highest BCUT2D eigenvalue weighted by Crippen LogP contribution is 2.25. The van der Waals surface area contributed by atoms with Crippen molar-refractivity contribution in [1.29, 1.82) is 0 Å². The number of hydrogen-bond acceptors (Lipinski definition) is 6. The third-order valence-electron chi connectivity index (χ3n) is 3.65. The van der Waals surface area contributed by atoms with Crippen LogP contribution in [0.3, 0.4) is 0 Å². The van der Waals surface area contributed by atoms with Crippen LogP contribution in [0.2, 0.25) is 0 Å². The molecular weight excluding hydrogens is 356 g/mol. The fraction of sp³-hybridized carbons (Fsp3) is 0.294. The number of rotatable bonds is 5. The summed E-state index contributed by atoms with van der Waals surface area (Å²) in [5.41, 5.74) is 3.62. The Hall–Kier alpha value is -2.16. The van der Waals surface area contributed by atoms with E-state index in [2.05, 4.69) is 32.9 Å².